The Bertz CT molecular complexity index is 863. The Morgan fingerprint density at radius 3 is 2.80 bits per heavy atom. The standard InChI is InChI=1S/C19H18N2O3S/c22-14-9-13(12-5-3-7-20-10-12)17(18(14)23)21-19(24)16-8-11-4-1-2-6-15(11)25-16/h1-8,10,13-14,17-18,22-23H,9H2,(H,21,24). The number of pyridine rings is 1. The molecular weight excluding hydrogens is 336 g/mol. The maximum atomic E-state index is 12.7. The lowest BCUT2D eigenvalue weighted by atomic mass is 9.95. The molecule has 1 aliphatic carbocycles. The van der Waals surface area contributed by atoms with Crippen LogP contribution in [-0.4, -0.2) is 39.4 Å². The molecule has 1 fully saturated rings. The molecule has 1 saturated carbocycles. The van der Waals surface area contributed by atoms with Gasteiger partial charge in [-0.15, -0.1) is 11.3 Å². The summed E-state index contributed by atoms with van der Waals surface area (Å²) in [5.74, 6) is -0.398. The van der Waals surface area contributed by atoms with Gasteiger partial charge in [0.05, 0.1) is 17.0 Å². The maximum Gasteiger partial charge on any atom is 0.261 e. The van der Waals surface area contributed by atoms with Crippen molar-refractivity contribution in [2.75, 3.05) is 0 Å². The first-order valence-corrected chi connectivity index (χ1v) is 9.00. The van der Waals surface area contributed by atoms with E-state index in [-0.39, 0.29) is 11.8 Å². The van der Waals surface area contributed by atoms with Gasteiger partial charge in [0, 0.05) is 23.0 Å². The number of benzene rings is 1. The minimum absolute atomic E-state index is 0.169. The highest BCUT2D eigenvalue weighted by molar-refractivity contribution is 7.20. The summed E-state index contributed by atoms with van der Waals surface area (Å²) in [6.45, 7) is 0. The van der Waals surface area contributed by atoms with Gasteiger partial charge in [0.15, 0.2) is 0 Å². The Hall–Kier alpha value is -2.28. The normalized spacial score (nSPS) is 26.0. The molecule has 0 saturated heterocycles. The molecule has 128 valence electrons. The second kappa shape index (κ2) is 6.55. The summed E-state index contributed by atoms with van der Waals surface area (Å²) in [6, 6.07) is 12.8. The smallest absolute Gasteiger partial charge is 0.261 e. The van der Waals surface area contributed by atoms with E-state index in [9.17, 15) is 15.0 Å². The molecule has 6 heteroatoms. The van der Waals surface area contributed by atoms with Gasteiger partial charge in [-0.2, -0.15) is 0 Å². The molecule has 0 bridgehead atoms. The van der Waals surface area contributed by atoms with Crippen LogP contribution in [0, 0.1) is 0 Å². The number of aliphatic hydroxyl groups is 2. The molecule has 0 radical (unpaired) electrons. The van der Waals surface area contributed by atoms with Crippen LogP contribution in [0.25, 0.3) is 10.1 Å². The van der Waals surface area contributed by atoms with E-state index in [0.29, 0.717) is 11.3 Å². The molecule has 1 aromatic carbocycles. The summed E-state index contributed by atoms with van der Waals surface area (Å²) in [4.78, 5) is 17.4. The largest absolute Gasteiger partial charge is 0.390 e. The van der Waals surface area contributed by atoms with Gasteiger partial charge in [-0.25, -0.2) is 0 Å². The Labute approximate surface area is 149 Å². The highest BCUT2D eigenvalue weighted by Crippen LogP contribution is 2.35. The number of aromatic nitrogens is 1. The fourth-order valence-electron chi connectivity index (χ4n) is 3.46. The first-order valence-electron chi connectivity index (χ1n) is 8.19. The molecule has 3 aromatic rings. The number of fused-ring (bicyclic) bond motifs is 1. The molecular formula is C19H18N2O3S. The van der Waals surface area contributed by atoms with Gasteiger partial charge in [0.25, 0.3) is 5.91 Å². The number of hydrogen-bond donors (Lipinski definition) is 3. The highest BCUT2D eigenvalue weighted by Gasteiger charge is 2.43. The Morgan fingerprint density at radius 1 is 1.20 bits per heavy atom. The van der Waals surface area contributed by atoms with Gasteiger partial charge in [-0.1, -0.05) is 24.3 Å². The van der Waals surface area contributed by atoms with Gasteiger partial charge in [-0.05, 0) is 35.6 Å². The molecule has 0 aliphatic heterocycles. The van der Waals surface area contributed by atoms with Gasteiger partial charge in [0.2, 0.25) is 0 Å². The first kappa shape index (κ1) is 16.2. The molecule has 4 atom stereocenters. The van der Waals surface area contributed by atoms with Crippen LogP contribution in [0.2, 0.25) is 0 Å². The highest BCUT2D eigenvalue weighted by atomic mass is 32.1. The fraction of sp³-hybridized carbons (Fsp3) is 0.263. The lowest BCUT2D eigenvalue weighted by molar-refractivity contribution is 0.0295. The summed E-state index contributed by atoms with van der Waals surface area (Å²) in [5, 5.41) is 24.4. The molecule has 0 spiro atoms. The van der Waals surface area contributed by atoms with Gasteiger partial charge in [-0.3, -0.25) is 9.78 Å². The average molecular weight is 354 g/mol. The second-order valence-corrected chi connectivity index (χ2v) is 7.42. The SMILES string of the molecule is O=C(NC1C(c2cccnc2)CC(O)C1O)c1cc2ccccc2s1. The zero-order chi connectivity index (χ0) is 17.4. The number of amides is 1. The lowest BCUT2D eigenvalue weighted by Gasteiger charge is -2.23. The van der Waals surface area contributed by atoms with Crippen molar-refractivity contribution in [3.8, 4) is 0 Å². The van der Waals surface area contributed by atoms with E-state index in [0.717, 1.165) is 15.6 Å². The van der Waals surface area contributed by atoms with E-state index in [2.05, 4.69) is 10.3 Å². The maximum absolute atomic E-state index is 12.7. The van der Waals surface area contributed by atoms with Crippen LogP contribution >= 0.6 is 11.3 Å². The zero-order valence-electron chi connectivity index (χ0n) is 13.4. The summed E-state index contributed by atoms with van der Waals surface area (Å²) in [6.07, 6.45) is 1.93. The molecule has 4 rings (SSSR count). The molecule has 2 aromatic heterocycles. The Morgan fingerprint density at radius 2 is 2.04 bits per heavy atom. The molecule has 5 nitrogen and oxygen atoms in total. The third-order valence-electron chi connectivity index (χ3n) is 4.75. The van der Waals surface area contributed by atoms with Crippen molar-refractivity contribution in [1.29, 1.82) is 0 Å². The number of nitrogens with one attached hydrogen (secondary N) is 1. The molecule has 3 N–H and O–H groups in total. The minimum atomic E-state index is -0.997. The van der Waals surface area contributed by atoms with Crippen molar-refractivity contribution >= 4 is 27.3 Å². The predicted molar refractivity (Wildman–Crippen MR) is 96.7 cm³/mol. The monoisotopic (exact) mass is 354 g/mol. The number of rotatable bonds is 3. The van der Waals surface area contributed by atoms with E-state index in [4.69, 9.17) is 0 Å². The first-order chi connectivity index (χ1) is 12.1. The Kier molecular flexibility index (Phi) is 4.25. The van der Waals surface area contributed by atoms with E-state index in [1.165, 1.54) is 11.3 Å². The lowest BCUT2D eigenvalue weighted by Crippen LogP contribution is -2.45. The number of nitrogens with zero attached hydrogens (tertiary/aromatic N) is 1. The summed E-state index contributed by atoms with van der Waals surface area (Å²) >= 11 is 1.42. The van der Waals surface area contributed by atoms with Crippen LogP contribution in [0.1, 0.15) is 27.6 Å². The van der Waals surface area contributed by atoms with E-state index in [1.807, 2.05) is 42.5 Å². The van der Waals surface area contributed by atoms with Crippen molar-refractivity contribution in [2.24, 2.45) is 0 Å². The summed E-state index contributed by atoms with van der Waals surface area (Å²) in [7, 11) is 0. The van der Waals surface area contributed by atoms with Crippen LogP contribution in [0.5, 0.6) is 0 Å². The number of thiophene rings is 1. The topological polar surface area (TPSA) is 82.5 Å². The third-order valence-corrected chi connectivity index (χ3v) is 5.87. The molecule has 1 aliphatic rings. The van der Waals surface area contributed by atoms with Crippen molar-refractivity contribution in [3.05, 3.63) is 65.3 Å². The number of hydrogen-bond acceptors (Lipinski definition) is 5. The number of carbonyl (C=O) groups excluding carboxylic acids is 1. The van der Waals surface area contributed by atoms with Crippen LogP contribution in [-0.2, 0) is 0 Å². The predicted octanol–water partition coefficient (Wildman–Crippen LogP) is 2.30. The summed E-state index contributed by atoms with van der Waals surface area (Å²) in [5.41, 5.74) is 0.903. The quantitative estimate of drug-likeness (QED) is 0.674. The zero-order valence-corrected chi connectivity index (χ0v) is 14.2. The van der Waals surface area contributed by atoms with Crippen molar-refractivity contribution in [1.82, 2.24) is 10.3 Å². The fourth-order valence-corrected chi connectivity index (χ4v) is 4.43. The number of carbonyl (C=O) groups is 1. The average Bonchev–Trinajstić information content (AvgIpc) is 3.19. The second-order valence-electron chi connectivity index (χ2n) is 6.33. The molecule has 2 heterocycles. The Balaban J connectivity index is 1.59. The van der Waals surface area contributed by atoms with Crippen LogP contribution < -0.4 is 5.32 Å². The van der Waals surface area contributed by atoms with Crippen molar-refractivity contribution in [3.63, 3.8) is 0 Å². The van der Waals surface area contributed by atoms with Gasteiger partial charge >= 0.3 is 0 Å². The van der Waals surface area contributed by atoms with Crippen LogP contribution in [0.4, 0.5) is 0 Å². The molecule has 4 unspecified atom stereocenters. The third kappa shape index (κ3) is 3.04. The van der Waals surface area contributed by atoms with Crippen molar-refractivity contribution in [2.45, 2.75) is 30.6 Å². The van der Waals surface area contributed by atoms with Gasteiger partial charge < -0.3 is 15.5 Å². The molecule has 25 heavy (non-hydrogen) atoms. The van der Waals surface area contributed by atoms with Crippen LogP contribution in [0.3, 0.4) is 0 Å². The van der Waals surface area contributed by atoms with Crippen LogP contribution in [0.15, 0.2) is 54.9 Å². The van der Waals surface area contributed by atoms with E-state index >= 15 is 0 Å². The van der Waals surface area contributed by atoms with Gasteiger partial charge in [0.1, 0.15) is 6.10 Å². The van der Waals surface area contributed by atoms with E-state index < -0.39 is 18.2 Å². The number of aliphatic hydroxyl groups excluding tert-OH is 2. The summed E-state index contributed by atoms with van der Waals surface area (Å²) < 4.78 is 1.04. The van der Waals surface area contributed by atoms with E-state index in [1.54, 1.807) is 12.4 Å². The van der Waals surface area contributed by atoms with Crippen molar-refractivity contribution < 1.29 is 15.0 Å². The molecule has 1 amide bonds. The minimum Gasteiger partial charge on any atom is -0.390 e.